The van der Waals surface area contributed by atoms with Crippen LogP contribution in [0.25, 0.3) is 31.6 Å². The van der Waals surface area contributed by atoms with Gasteiger partial charge in [0.25, 0.3) is 16.7 Å². The van der Waals surface area contributed by atoms with Crippen molar-refractivity contribution < 1.29 is 13.6 Å². The van der Waals surface area contributed by atoms with Crippen molar-refractivity contribution in [3.05, 3.63) is 51.1 Å². The Morgan fingerprint density at radius 2 is 2.03 bits per heavy atom. The molecule has 0 spiro atoms. The largest absolute Gasteiger partial charge is 0.444 e. The Hall–Kier alpha value is -3.15. The molecule has 0 bridgehead atoms. The number of anilines is 1. The molecule has 2 N–H and O–H groups in total. The highest BCUT2D eigenvalue weighted by Crippen LogP contribution is 2.41. The molecular formula is C20H14ClN5O4S2. The fourth-order valence-electron chi connectivity index (χ4n) is 3.33. The lowest BCUT2D eigenvalue weighted by Crippen LogP contribution is -2.16. The number of benzene rings is 1. The van der Waals surface area contributed by atoms with E-state index in [1.54, 1.807) is 13.8 Å². The number of nitrogens with one attached hydrogen (secondary N) is 2. The minimum absolute atomic E-state index is 0.0228. The number of nitrogens with zero attached hydrogens (tertiary/aromatic N) is 3. The molecule has 1 amide bonds. The van der Waals surface area contributed by atoms with E-state index in [2.05, 4.69) is 25.7 Å². The number of thioether (sulfide) groups is 1. The first-order chi connectivity index (χ1) is 15.4. The molecule has 32 heavy (non-hydrogen) atoms. The summed E-state index contributed by atoms with van der Waals surface area (Å²) in [5, 5.41) is 19.5. The van der Waals surface area contributed by atoms with Gasteiger partial charge in [0.2, 0.25) is 11.8 Å². The lowest BCUT2D eigenvalue weighted by atomic mass is 10.2. The topological polar surface area (TPSA) is 127 Å². The van der Waals surface area contributed by atoms with Crippen molar-refractivity contribution in [1.82, 2.24) is 20.4 Å². The molecule has 0 radical (unpaired) electrons. The van der Waals surface area contributed by atoms with E-state index in [4.69, 9.17) is 20.4 Å². The van der Waals surface area contributed by atoms with Gasteiger partial charge in [-0.05, 0) is 19.9 Å². The first kappa shape index (κ1) is 20.7. The van der Waals surface area contributed by atoms with Gasteiger partial charge in [0.15, 0.2) is 0 Å². The van der Waals surface area contributed by atoms with Crippen LogP contribution in [-0.2, 0) is 4.79 Å². The monoisotopic (exact) mass is 487 g/mol. The van der Waals surface area contributed by atoms with Crippen LogP contribution in [0.4, 0.5) is 5.88 Å². The number of aromatic amines is 1. The average molecular weight is 488 g/mol. The summed E-state index contributed by atoms with van der Waals surface area (Å²) >= 11 is 8.98. The van der Waals surface area contributed by atoms with E-state index in [0.29, 0.717) is 32.6 Å². The fourth-order valence-corrected chi connectivity index (χ4v) is 5.33. The first-order valence-electron chi connectivity index (χ1n) is 9.34. The van der Waals surface area contributed by atoms with Crippen LogP contribution in [0.1, 0.15) is 11.5 Å². The Morgan fingerprint density at radius 1 is 1.22 bits per heavy atom. The van der Waals surface area contributed by atoms with Crippen LogP contribution < -0.4 is 10.9 Å². The highest BCUT2D eigenvalue weighted by Gasteiger charge is 2.21. The van der Waals surface area contributed by atoms with Crippen molar-refractivity contribution in [2.75, 3.05) is 11.1 Å². The van der Waals surface area contributed by atoms with E-state index < -0.39 is 5.56 Å². The van der Waals surface area contributed by atoms with Crippen molar-refractivity contribution in [3.63, 3.8) is 0 Å². The molecule has 4 heterocycles. The second-order valence-electron chi connectivity index (χ2n) is 6.83. The van der Waals surface area contributed by atoms with Gasteiger partial charge in [-0.15, -0.1) is 21.5 Å². The van der Waals surface area contributed by atoms with E-state index in [9.17, 15) is 9.59 Å². The maximum absolute atomic E-state index is 12.5. The SMILES string of the molecule is Cc1n[nH]c(=O)c2c(NC(=O)CSc3nnc(-c4sc5ccccc5c4Cl)o3)oc(C)c12. The zero-order chi connectivity index (χ0) is 22.4. The number of hydrogen-bond acceptors (Lipinski definition) is 9. The van der Waals surface area contributed by atoms with E-state index in [1.807, 2.05) is 24.3 Å². The zero-order valence-electron chi connectivity index (χ0n) is 16.7. The van der Waals surface area contributed by atoms with Gasteiger partial charge < -0.3 is 8.83 Å². The number of aryl methyl sites for hydroxylation is 2. The number of fused-ring (bicyclic) bond motifs is 2. The third-order valence-corrected chi connectivity index (χ3v) is 7.20. The Morgan fingerprint density at radius 3 is 2.84 bits per heavy atom. The van der Waals surface area contributed by atoms with Crippen molar-refractivity contribution in [1.29, 1.82) is 0 Å². The van der Waals surface area contributed by atoms with Gasteiger partial charge in [-0.3, -0.25) is 14.9 Å². The predicted molar refractivity (Wildman–Crippen MR) is 124 cm³/mol. The van der Waals surface area contributed by atoms with Crippen molar-refractivity contribution in [3.8, 4) is 10.8 Å². The van der Waals surface area contributed by atoms with Crippen LogP contribution in [0.2, 0.25) is 5.02 Å². The highest BCUT2D eigenvalue weighted by molar-refractivity contribution is 7.99. The smallest absolute Gasteiger partial charge is 0.277 e. The van der Waals surface area contributed by atoms with Crippen LogP contribution in [-0.4, -0.2) is 32.1 Å². The van der Waals surface area contributed by atoms with Crippen LogP contribution in [0, 0.1) is 13.8 Å². The Labute approximate surface area is 193 Å². The summed E-state index contributed by atoms with van der Waals surface area (Å²) in [4.78, 5) is 25.3. The second-order valence-corrected chi connectivity index (χ2v) is 9.18. The maximum Gasteiger partial charge on any atom is 0.277 e. The van der Waals surface area contributed by atoms with Gasteiger partial charge in [-0.2, -0.15) is 5.10 Å². The average Bonchev–Trinajstić information content (AvgIpc) is 3.46. The Bertz CT molecular complexity index is 1550. The molecule has 0 fully saturated rings. The quantitative estimate of drug-likeness (QED) is 0.339. The van der Waals surface area contributed by atoms with E-state index in [-0.39, 0.29) is 28.2 Å². The van der Waals surface area contributed by atoms with Crippen LogP contribution in [0.3, 0.4) is 0 Å². The molecule has 4 aromatic heterocycles. The summed E-state index contributed by atoms with van der Waals surface area (Å²) in [6.45, 7) is 3.46. The summed E-state index contributed by atoms with van der Waals surface area (Å²) in [7, 11) is 0. The van der Waals surface area contributed by atoms with Crippen LogP contribution in [0.15, 0.2) is 43.1 Å². The van der Waals surface area contributed by atoms with Gasteiger partial charge in [-0.1, -0.05) is 41.6 Å². The third-order valence-electron chi connectivity index (χ3n) is 4.71. The number of thiophene rings is 1. The summed E-state index contributed by atoms with van der Waals surface area (Å²) in [6, 6.07) is 7.74. The molecule has 1 aromatic carbocycles. The number of carbonyl (C=O) groups excluding carboxylic acids is 1. The maximum atomic E-state index is 12.5. The number of halogens is 1. The number of rotatable bonds is 5. The number of hydrogen-bond donors (Lipinski definition) is 2. The normalized spacial score (nSPS) is 11.5. The molecule has 12 heteroatoms. The molecule has 0 saturated carbocycles. The third kappa shape index (κ3) is 3.57. The number of carbonyl (C=O) groups is 1. The molecule has 0 aliphatic heterocycles. The summed E-state index contributed by atoms with van der Waals surface area (Å²) < 4.78 is 12.3. The van der Waals surface area contributed by atoms with Crippen LogP contribution >= 0.6 is 34.7 Å². The summed E-state index contributed by atoms with van der Waals surface area (Å²) in [5.74, 6) is 0.463. The molecule has 0 aliphatic rings. The molecule has 5 aromatic rings. The van der Waals surface area contributed by atoms with Crippen molar-refractivity contribution in [2.24, 2.45) is 0 Å². The molecule has 5 rings (SSSR count). The van der Waals surface area contributed by atoms with E-state index in [0.717, 1.165) is 21.8 Å². The van der Waals surface area contributed by atoms with Gasteiger partial charge in [-0.25, -0.2) is 5.10 Å². The second kappa shape index (κ2) is 8.08. The molecular weight excluding hydrogens is 474 g/mol. The standard InChI is InChI=1S/C20H14ClN5O4S2/c1-8-13-9(2)29-18(14(13)17(28)24-23-8)22-12(27)7-31-20-26-25-19(30-20)16-15(21)10-5-3-4-6-11(10)32-16/h3-6H,7H2,1-2H3,(H,22,27)(H,24,28). The molecule has 162 valence electrons. The molecule has 0 aliphatic carbocycles. The van der Waals surface area contributed by atoms with Crippen molar-refractivity contribution in [2.45, 2.75) is 19.1 Å². The van der Waals surface area contributed by atoms with Crippen molar-refractivity contribution >= 4 is 67.3 Å². The molecule has 0 unspecified atom stereocenters. The zero-order valence-corrected chi connectivity index (χ0v) is 19.1. The highest BCUT2D eigenvalue weighted by atomic mass is 35.5. The lowest BCUT2D eigenvalue weighted by molar-refractivity contribution is -0.113. The van der Waals surface area contributed by atoms with Gasteiger partial charge in [0.05, 0.1) is 21.9 Å². The minimum Gasteiger partial charge on any atom is -0.444 e. The lowest BCUT2D eigenvalue weighted by Gasteiger charge is -2.00. The Balaban J connectivity index is 1.31. The number of aromatic nitrogens is 4. The van der Waals surface area contributed by atoms with Gasteiger partial charge in [0, 0.05) is 10.1 Å². The number of furan rings is 1. The van der Waals surface area contributed by atoms with Gasteiger partial charge in [0.1, 0.15) is 16.0 Å². The summed E-state index contributed by atoms with van der Waals surface area (Å²) in [6.07, 6.45) is 0. The summed E-state index contributed by atoms with van der Waals surface area (Å²) in [5.41, 5.74) is 0.168. The fraction of sp³-hybridized carbons (Fsp3) is 0.150. The Kier molecular flexibility index (Phi) is 5.24. The van der Waals surface area contributed by atoms with Gasteiger partial charge >= 0.3 is 0 Å². The number of amides is 1. The predicted octanol–water partition coefficient (Wildman–Crippen LogP) is 4.78. The molecule has 9 nitrogen and oxygen atoms in total. The molecule has 0 atom stereocenters. The molecule has 0 saturated heterocycles. The van der Waals surface area contributed by atoms with E-state index in [1.165, 1.54) is 11.3 Å². The minimum atomic E-state index is -0.438. The van der Waals surface area contributed by atoms with Crippen LogP contribution in [0.5, 0.6) is 0 Å². The first-order valence-corrected chi connectivity index (χ1v) is 11.5. The van der Waals surface area contributed by atoms with E-state index >= 15 is 0 Å². The number of H-pyrrole nitrogens is 1.